The van der Waals surface area contributed by atoms with Crippen LogP contribution in [0.4, 0.5) is 15.8 Å². The van der Waals surface area contributed by atoms with Gasteiger partial charge >= 0.3 is 5.76 Å². The second-order valence-corrected chi connectivity index (χ2v) is 6.98. The summed E-state index contributed by atoms with van der Waals surface area (Å²) in [5, 5.41) is 15.2. The number of thioether (sulfide) groups is 1. The van der Waals surface area contributed by atoms with Crippen LogP contribution in [0.25, 0.3) is 11.5 Å². The van der Waals surface area contributed by atoms with E-state index in [9.17, 15) is 19.3 Å². The molecule has 0 spiro atoms. The highest BCUT2D eigenvalue weighted by Gasteiger charge is 2.22. The lowest BCUT2D eigenvalue weighted by Gasteiger charge is -2.29. The highest BCUT2D eigenvalue weighted by atomic mass is 32.2. The third-order valence-corrected chi connectivity index (χ3v) is 5.16. The Morgan fingerprint density at radius 2 is 2.04 bits per heavy atom. The first kappa shape index (κ1) is 17.3. The number of nitro groups is 1. The van der Waals surface area contributed by atoms with E-state index in [1.807, 2.05) is 4.90 Å². The molecule has 0 fully saturated rings. The SMILES string of the molecule is O=c1oc(-c2ccc(F)cc2)nn1CN1CCSc2ccc([N+](=O)[O-])cc21. The van der Waals surface area contributed by atoms with Gasteiger partial charge in [0, 0.05) is 34.9 Å². The third-order valence-electron chi connectivity index (χ3n) is 4.11. The number of rotatable bonds is 4. The smallest absolute Gasteiger partial charge is 0.388 e. The molecule has 3 aromatic rings. The van der Waals surface area contributed by atoms with Gasteiger partial charge in [0.15, 0.2) is 0 Å². The largest absolute Gasteiger partial charge is 0.439 e. The summed E-state index contributed by atoms with van der Waals surface area (Å²) < 4.78 is 19.4. The first-order chi connectivity index (χ1) is 13.0. The van der Waals surface area contributed by atoms with Gasteiger partial charge in [-0.3, -0.25) is 10.1 Å². The fraction of sp³-hybridized carbons (Fsp3) is 0.176. The van der Waals surface area contributed by atoms with Gasteiger partial charge in [0.05, 0.1) is 10.6 Å². The fourth-order valence-electron chi connectivity index (χ4n) is 2.79. The van der Waals surface area contributed by atoms with Crippen LogP contribution in [0.2, 0.25) is 0 Å². The number of halogens is 1. The summed E-state index contributed by atoms with van der Waals surface area (Å²) in [6.45, 7) is 0.697. The molecule has 0 aliphatic carbocycles. The summed E-state index contributed by atoms with van der Waals surface area (Å²) in [5.74, 6) is -0.183. The Labute approximate surface area is 156 Å². The lowest BCUT2D eigenvalue weighted by molar-refractivity contribution is -0.384. The van der Waals surface area contributed by atoms with Crippen molar-refractivity contribution in [3.8, 4) is 11.5 Å². The second kappa shape index (κ2) is 6.88. The molecule has 138 valence electrons. The number of non-ortho nitro benzene ring substituents is 1. The van der Waals surface area contributed by atoms with Crippen LogP contribution in [0.5, 0.6) is 0 Å². The number of fused-ring (bicyclic) bond motifs is 1. The summed E-state index contributed by atoms with van der Waals surface area (Å²) >= 11 is 1.60. The predicted molar refractivity (Wildman–Crippen MR) is 97.3 cm³/mol. The van der Waals surface area contributed by atoms with Gasteiger partial charge in [-0.05, 0) is 30.3 Å². The summed E-state index contributed by atoms with van der Waals surface area (Å²) in [6, 6.07) is 10.1. The van der Waals surface area contributed by atoms with Gasteiger partial charge in [0.1, 0.15) is 12.5 Å². The van der Waals surface area contributed by atoms with E-state index >= 15 is 0 Å². The van der Waals surface area contributed by atoms with Gasteiger partial charge in [-0.15, -0.1) is 16.9 Å². The first-order valence-corrected chi connectivity index (χ1v) is 9.00. The molecule has 0 unspecified atom stereocenters. The van der Waals surface area contributed by atoms with Crippen molar-refractivity contribution in [1.82, 2.24) is 9.78 Å². The molecule has 8 nitrogen and oxygen atoms in total. The molecule has 2 heterocycles. The summed E-state index contributed by atoms with van der Waals surface area (Å²) in [6.07, 6.45) is 0. The number of anilines is 1. The molecule has 0 saturated carbocycles. The minimum atomic E-state index is -0.653. The molecule has 4 rings (SSSR count). The molecule has 0 saturated heterocycles. The number of nitro benzene ring substituents is 1. The highest BCUT2D eigenvalue weighted by Crippen LogP contribution is 2.37. The van der Waals surface area contributed by atoms with Gasteiger partial charge in [0.25, 0.3) is 5.69 Å². The number of hydrogen-bond acceptors (Lipinski definition) is 7. The average Bonchev–Trinajstić information content (AvgIpc) is 3.02. The number of aromatic nitrogens is 2. The Balaban J connectivity index is 1.64. The summed E-state index contributed by atoms with van der Waals surface area (Å²) in [7, 11) is 0. The van der Waals surface area contributed by atoms with Crippen LogP contribution in [0.1, 0.15) is 0 Å². The Hall–Kier alpha value is -3.14. The van der Waals surface area contributed by atoms with Gasteiger partial charge in [0.2, 0.25) is 5.89 Å². The maximum absolute atomic E-state index is 13.1. The Kier molecular flexibility index (Phi) is 4.40. The van der Waals surface area contributed by atoms with Crippen molar-refractivity contribution in [2.75, 3.05) is 17.2 Å². The van der Waals surface area contributed by atoms with Crippen molar-refractivity contribution >= 4 is 23.1 Å². The van der Waals surface area contributed by atoms with Crippen LogP contribution >= 0.6 is 11.8 Å². The number of benzene rings is 2. The van der Waals surface area contributed by atoms with E-state index in [0.29, 0.717) is 17.8 Å². The molecule has 2 aromatic carbocycles. The molecular weight excluding hydrogens is 375 g/mol. The minimum Gasteiger partial charge on any atom is -0.388 e. The molecular formula is C17H13FN4O4S. The maximum atomic E-state index is 13.1. The zero-order valence-corrected chi connectivity index (χ0v) is 14.7. The Bertz CT molecular complexity index is 1060. The number of hydrogen-bond donors (Lipinski definition) is 0. The first-order valence-electron chi connectivity index (χ1n) is 8.01. The zero-order valence-electron chi connectivity index (χ0n) is 13.9. The van der Waals surface area contributed by atoms with Crippen LogP contribution in [0.3, 0.4) is 0 Å². The average molecular weight is 388 g/mol. The van der Waals surface area contributed by atoms with Crippen LogP contribution in [-0.4, -0.2) is 27.0 Å². The predicted octanol–water partition coefficient (Wildman–Crippen LogP) is 3.12. The molecule has 1 aliphatic heterocycles. The van der Waals surface area contributed by atoms with Gasteiger partial charge < -0.3 is 9.32 Å². The van der Waals surface area contributed by atoms with Crippen LogP contribution in [-0.2, 0) is 6.67 Å². The van der Waals surface area contributed by atoms with Crippen molar-refractivity contribution in [3.63, 3.8) is 0 Å². The third kappa shape index (κ3) is 3.43. The molecule has 0 N–H and O–H groups in total. The highest BCUT2D eigenvalue weighted by molar-refractivity contribution is 7.99. The van der Waals surface area contributed by atoms with Crippen molar-refractivity contribution in [1.29, 1.82) is 0 Å². The lowest BCUT2D eigenvalue weighted by Crippen LogP contribution is -2.35. The lowest BCUT2D eigenvalue weighted by atomic mass is 10.2. The summed E-state index contributed by atoms with van der Waals surface area (Å²) in [5.41, 5.74) is 1.15. The molecule has 0 amide bonds. The van der Waals surface area contributed by atoms with Gasteiger partial charge in [-0.2, -0.15) is 4.68 Å². The normalized spacial score (nSPS) is 13.4. The Morgan fingerprint density at radius 1 is 1.26 bits per heavy atom. The van der Waals surface area contributed by atoms with E-state index < -0.39 is 16.5 Å². The van der Waals surface area contributed by atoms with E-state index in [1.165, 1.54) is 36.4 Å². The van der Waals surface area contributed by atoms with Crippen molar-refractivity contribution in [2.24, 2.45) is 0 Å². The second-order valence-electron chi connectivity index (χ2n) is 5.84. The van der Waals surface area contributed by atoms with Gasteiger partial charge in [-0.1, -0.05) is 0 Å². The molecule has 27 heavy (non-hydrogen) atoms. The van der Waals surface area contributed by atoms with E-state index in [1.54, 1.807) is 17.8 Å². The topological polar surface area (TPSA) is 94.4 Å². The van der Waals surface area contributed by atoms with Crippen LogP contribution in [0, 0.1) is 15.9 Å². The number of nitrogens with zero attached hydrogens (tertiary/aromatic N) is 4. The van der Waals surface area contributed by atoms with E-state index in [4.69, 9.17) is 4.42 Å². The van der Waals surface area contributed by atoms with E-state index in [0.717, 1.165) is 15.3 Å². The monoisotopic (exact) mass is 388 g/mol. The van der Waals surface area contributed by atoms with Gasteiger partial charge in [-0.25, -0.2) is 9.18 Å². The zero-order chi connectivity index (χ0) is 19.0. The Morgan fingerprint density at radius 3 is 2.78 bits per heavy atom. The molecule has 0 radical (unpaired) electrons. The molecule has 0 bridgehead atoms. The fourth-order valence-corrected chi connectivity index (χ4v) is 3.82. The van der Waals surface area contributed by atoms with E-state index in [2.05, 4.69) is 5.10 Å². The molecule has 10 heteroatoms. The standard InChI is InChI=1S/C17H13FN4O4S/c18-12-3-1-11(2-4-12)16-19-21(17(23)26-16)10-20-7-8-27-15-6-5-13(22(24)25)9-14(15)20/h1-6,9H,7-8,10H2. The quantitative estimate of drug-likeness (QED) is 0.501. The van der Waals surface area contributed by atoms with Crippen molar-refractivity contribution in [3.05, 3.63) is 68.9 Å². The molecule has 1 aromatic heterocycles. The summed E-state index contributed by atoms with van der Waals surface area (Å²) in [4.78, 5) is 25.5. The van der Waals surface area contributed by atoms with E-state index in [-0.39, 0.29) is 18.2 Å². The van der Waals surface area contributed by atoms with Crippen molar-refractivity contribution < 1.29 is 13.7 Å². The minimum absolute atomic E-state index is 0.0132. The maximum Gasteiger partial charge on any atom is 0.439 e. The molecule has 0 atom stereocenters. The van der Waals surface area contributed by atoms with Crippen molar-refractivity contribution in [2.45, 2.75) is 11.6 Å². The molecule has 1 aliphatic rings. The van der Waals surface area contributed by atoms with Crippen LogP contribution < -0.4 is 10.7 Å². The van der Waals surface area contributed by atoms with Crippen LogP contribution in [0.15, 0.2) is 56.6 Å².